The summed E-state index contributed by atoms with van der Waals surface area (Å²) in [5.41, 5.74) is 1.67. The van der Waals surface area contributed by atoms with Crippen LogP contribution in [0.2, 0.25) is 0 Å². The van der Waals surface area contributed by atoms with Crippen LogP contribution < -0.4 is 14.8 Å². The van der Waals surface area contributed by atoms with E-state index < -0.39 is 0 Å². The Hall–Kier alpha value is -2.50. The fraction of sp³-hybridized carbons (Fsp3) is 0.263. The van der Waals surface area contributed by atoms with E-state index in [-0.39, 0.29) is 42.7 Å². The topological polar surface area (TPSA) is 97.8 Å². The lowest BCUT2D eigenvalue weighted by Gasteiger charge is -2.12. The number of thioether (sulfide) groups is 2. The third kappa shape index (κ3) is 4.79. The van der Waals surface area contributed by atoms with Crippen molar-refractivity contribution >= 4 is 58.0 Å². The molecule has 1 N–H and O–H groups in total. The van der Waals surface area contributed by atoms with E-state index in [1.807, 2.05) is 12.3 Å². The first-order valence-corrected chi connectivity index (χ1v) is 11.6. The Morgan fingerprint density at radius 3 is 2.97 bits per heavy atom. The highest BCUT2D eigenvalue weighted by Crippen LogP contribution is 2.36. The number of carbonyl (C=O) groups excluding carboxylic acids is 3. The normalized spacial score (nSPS) is 16.6. The van der Waals surface area contributed by atoms with Crippen molar-refractivity contribution in [1.82, 2.24) is 15.2 Å². The van der Waals surface area contributed by atoms with Gasteiger partial charge in [-0.25, -0.2) is 4.98 Å². The Bertz CT molecular complexity index is 1040. The van der Waals surface area contributed by atoms with Crippen LogP contribution in [0.5, 0.6) is 11.5 Å². The monoisotopic (exact) mass is 463 g/mol. The molecular formula is C19H17N3O5S3. The van der Waals surface area contributed by atoms with Gasteiger partial charge < -0.3 is 14.8 Å². The zero-order valence-corrected chi connectivity index (χ0v) is 18.3. The maximum absolute atomic E-state index is 12.6. The number of amides is 3. The van der Waals surface area contributed by atoms with Crippen molar-refractivity contribution in [2.24, 2.45) is 0 Å². The van der Waals surface area contributed by atoms with Gasteiger partial charge in [0.2, 0.25) is 12.7 Å². The SMILES string of the molecule is Cc1csc(SCC(=O)NCCN2C(=O)SC(=Cc3ccc4c(c3)OCO4)C2=O)n1. The maximum atomic E-state index is 12.6. The number of ether oxygens (including phenoxy) is 2. The summed E-state index contributed by atoms with van der Waals surface area (Å²) in [6.07, 6.45) is 1.65. The summed E-state index contributed by atoms with van der Waals surface area (Å²) >= 11 is 3.73. The first kappa shape index (κ1) is 20.8. The summed E-state index contributed by atoms with van der Waals surface area (Å²) in [6.45, 7) is 2.39. The lowest BCUT2D eigenvalue weighted by atomic mass is 10.2. The van der Waals surface area contributed by atoms with Crippen LogP contribution in [0.3, 0.4) is 0 Å². The summed E-state index contributed by atoms with van der Waals surface area (Å²) in [5.74, 6) is 0.953. The Balaban J connectivity index is 1.28. The maximum Gasteiger partial charge on any atom is 0.293 e. The number of hydrogen-bond acceptors (Lipinski definition) is 9. The van der Waals surface area contributed by atoms with Crippen molar-refractivity contribution < 1.29 is 23.9 Å². The van der Waals surface area contributed by atoms with E-state index in [4.69, 9.17) is 9.47 Å². The summed E-state index contributed by atoms with van der Waals surface area (Å²) in [7, 11) is 0. The van der Waals surface area contributed by atoms with Gasteiger partial charge in [-0.2, -0.15) is 0 Å². The van der Waals surface area contributed by atoms with Crippen LogP contribution in [0, 0.1) is 6.92 Å². The van der Waals surface area contributed by atoms with Crippen molar-refractivity contribution in [1.29, 1.82) is 0 Å². The molecule has 0 unspecified atom stereocenters. The number of carbonyl (C=O) groups is 3. The van der Waals surface area contributed by atoms with Gasteiger partial charge >= 0.3 is 0 Å². The molecule has 0 saturated carbocycles. The van der Waals surface area contributed by atoms with Crippen molar-refractivity contribution in [3.05, 3.63) is 39.7 Å². The predicted octanol–water partition coefficient (Wildman–Crippen LogP) is 3.13. The van der Waals surface area contributed by atoms with Gasteiger partial charge in [-0.3, -0.25) is 19.3 Å². The molecule has 1 fully saturated rings. The highest BCUT2D eigenvalue weighted by molar-refractivity contribution is 8.18. The highest BCUT2D eigenvalue weighted by atomic mass is 32.2. The standard InChI is InChI=1S/C19H17N3O5S3/c1-11-8-28-18(21-11)29-9-16(23)20-4-5-22-17(24)15(30-19(22)25)7-12-2-3-13-14(6-12)27-10-26-13/h2-3,6-8H,4-5,9-10H2,1H3,(H,20,23). The Kier molecular flexibility index (Phi) is 6.30. The van der Waals surface area contributed by atoms with Gasteiger partial charge in [0.25, 0.3) is 11.1 Å². The molecule has 2 aromatic rings. The number of rotatable bonds is 7. The van der Waals surface area contributed by atoms with E-state index in [9.17, 15) is 14.4 Å². The van der Waals surface area contributed by atoms with Crippen molar-refractivity contribution in [2.45, 2.75) is 11.3 Å². The Labute approximate surface area is 185 Å². The lowest BCUT2D eigenvalue weighted by Crippen LogP contribution is -2.37. The fourth-order valence-electron chi connectivity index (χ4n) is 2.73. The van der Waals surface area contributed by atoms with Gasteiger partial charge in [-0.05, 0) is 42.5 Å². The van der Waals surface area contributed by atoms with E-state index in [2.05, 4.69) is 10.3 Å². The molecule has 0 bridgehead atoms. The molecule has 2 aliphatic rings. The van der Waals surface area contributed by atoms with Crippen LogP contribution in [0.1, 0.15) is 11.3 Å². The number of thiazole rings is 1. The van der Waals surface area contributed by atoms with Gasteiger partial charge in [-0.15, -0.1) is 11.3 Å². The zero-order chi connectivity index (χ0) is 21.1. The molecule has 0 atom stereocenters. The average Bonchev–Trinajstić information content (AvgIpc) is 3.42. The molecule has 8 nitrogen and oxygen atoms in total. The van der Waals surface area contributed by atoms with Gasteiger partial charge in [0.1, 0.15) is 0 Å². The minimum Gasteiger partial charge on any atom is -0.454 e. The van der Waals surface area contributed by atoms with E-state index in [0.717, 1.165) is 32.3 Å². The second-order valence-corrected chi connectivity index (χ2v) is 9.41. The smallest absolute Gasteiger partial charge is 0.293 e. The Morgan fingerprint density at radius 1 is 1.33 bits per heavy atom. The first-order valence-electron chi connectivity index (χ1n) is 8.96. The molecule has 156 valence electrons. The summed E-state index contributed by atoms with van der Waals surface area (Å²) in [6, 6.07) is 5.32. The van der Waals surface area contributed by atoms with Crippen molar-refractivity contribution in [2.75, 3.05) is 25.6 Å². The quantitative estimate of drug-likeness (QED) is 0.494. The predicted molar refractivity (Wildman–Crippen MR) is 116 cm³/mol. The van der Waals surface area contributed by atoms with E-state index in [0.29, 0.717) is 16.4 Å². The zero-order valence-electron chi connectivity index (χ0n) is 15.9. The molecule has 11 heteroatoms. The molecule has 0 aliphatic carbocycles. The molecule has 3 amide bonds. The van der Waals surface area contributed by atoms with E-state index >= 15 is 0 Å². The third-order valence-corrected chi connectivity index (χ3v) is 7.20. The van der Waals surface area contributed by atoms with E-state index in [1.165, 1.54) is 23.1 Å². The Morgan fingerprint density at radius 2 is 2.17 bits per heavy atom. The molecule has 0 radical (unpaired) electrons. The number of nitrogens with zero attached hydrogens (tertiary/aromatic N) is 2. The van der Waals surface area contributed by atoms with Crippen LogP contribution in [-0.2, 0) is 9.59 Å². The molecule has 1 saturated heterocycles. The van der Waals surface area contributed by atoms with E-state index in [1.54, 1.807) is 24.3 Å². The van der Waals surface area contributed by atoms with Crippen molar-refractivity contribution in [3.63, 3.8) is 0 Å². The molecule has 4 rings (SSSR count). The molecule has 0 spiro atoms. The van der Waals surface area contributed by atoms with Crippen LogP contribution in [-0.4, -0.2) is 52.6 Å². The van der Waals surface area contributed by atoms with Gasteiger partial charge in [-0.1, -0.05) is 17.8 Å². The second-order valence-electron chi connectivity index (χ2n) is 6.34. The van der Waals surface area contributed by atoms with Gasteiger partial charge in [0, 0.05) is 24.2 Å². The largest absolute Gasteiger partial charge is 0.454 e. The van der Waals surface area contributed by atoms with Gasteiger partial charge in [0.05, 0.1) is 10.7 Å². The summed E-state index contributed by atoms with van der Waals surface area (Å²) in [5, 5.41) is 4.31. The van der Waals surface area contributed by atoms with Crippen LogP contribution in [0.15, 0.2) is 32.8 Å². The first-order chi connectivity index (χ1) is 14.5. The second kappa shape index (κ2) is 9.11. The molecule has 1 aromatic heterocycles. The number of aryl methyl sites for hydroxylation is 1. The minimum absolute atomic E-state index is 0.121. The summed E-state index contributed by atoms with van der Waals surface area (Å²) < 4.78 is 11.4. The molecule has 2 aliphatic heterocycles. The van der Waals surface area contributed by atoms with Gasteiger partial charge in [0.15, 0.2) is 15.8 Å². The number of aromatic nitrogens is 1. The number of benzene rings is 1. The van der Waals surface area contributed by atoms with Crippen LogP contribution in [0.4, 0.5) is 4.79 Å². The molecule has 3 heterocycles. The number of hydrogen-bond donors (Lipinski definition) is 1. The number of fused-ring (bicyclic) bond motifs is 1. The number of imide groups is 1. The minimum atomic E-state index is -0.371. The highest BCUT2D eigenvalue weighted by Gasteiger charge is 2.34. The molecule has 30 heavy (non-hydrogen) atoms. The molecular weight excluding hydrogens is 446 g/mol. The third-order valence-electron chi connectivity index (χ3n) is 4.15. The molecule has 1 aromatic carbocycles. The average molecular weight is 464 g/mol. The summed E-state index contributed by atoms with van der Waals surface area (Å²) in [4.78, 5) is 42.5. The lowest BCUT2D eigenvalue weighted by molar-refractivity contribution is -0.123. The van der Waals surface area contributed by atoms with Crippen LogP contribution >= 0.6 is 34.9 Å². The van der Waals surface area contributed by atoms with Crippen LogP contribution in [0.25, 0.3) is 6.08 Å². The number of nitrogens with one attached hydrogen (secondary N) is 1. The fourth-order valence-corrected chi connectivity index (χ4v) is 5.28. The van der Waals surface area contributed by atoms with Crippen molar-refractivity contribution in [3.8, 4) is 11.5 Å².